The largest absolute Gasteiger partial charge is 0.302 e. The van der Waals surface area contributed by atoms with E-state index < -0.39 is 0 Å². The Morgan fingerprint density at radius 3 is 2.05 bits per heavy atom. The molecule has 0 aliphatic heterocycles. The van der Waals surface area contributed by atoms with E-state index in [1.165, 1.54) is 11.1 Å². The third-order valence-corrected chi connectivity index (χ3v) is 3.40. The third kappa shape index (κ3) is 4.54. The molecule has 0 bridgehead atoms. The van der Waals surface area contributed by atoms with Crippen LogP contribution >= 0.6 is 24.0 Å². The summed E-state index contributed by atoms with van der Waals surface area (Å²) in [6.45, 7) is 0. The molecule has 0 saturated heterocycles. The van der Waals surface area contributed by atoms with E-state index in [-0.39, 0.29) is 12.4 Å². The number of benzene rings is 2. The average Bonchev–Trinajstić information content (AvgIpc) is 2.38. The minimum atomic E-state index is 0. The second kappa shape index (κ2) is 7.54. The topological polar surface area (TPSA) is 3.24 Å². The maximum Gasteiger partial charge on any atom is 0.0406 e. The van der Waals surface area contributed by atoms with Crippen LogP contribution in [0.3, 0.4) is 0 Å². The van der Waals surface area contributed by atoms with Crippen molar-refractivity contribution >= 4 is 24.0 Å². The van der Waals surface area contributed by atoms with Crippen molar-refractivity contribution < 1.29 is 0 Å². The van der Waals surface area contributed by atoms with Crippen molar-refractivity contribution in [3.05, 3.63) is 70.7 Å². The normalized spacial score (nSPS) is 12.0. The molecule has 2 rings (SSSR count). The van der Waals surface area contributed by atoms with E-state index in [1.807, 2.05) is 12.1 Å². The van der Waals surface area contributed by atoms with Crippen molar-refractivity contribution in [2.45, 2.75) is 12.5 Å². The second-order valence-corrected chi connectivity index (χ2v) is 5.16. The van der Waals surface area contributed by atoms with Gasteiger partial charge in [0.2, 0.25) is 0 Å². The van der Waals surface area contributed by atoms with Gasteiger partial charge in [-0.1, -0.05) is 54.1 Å². The molecule has 0 saturated carbocycles. The van der Waals surface area contributed by atoms with E-state index in [0.717, 1.165) is 11.4 Å². The maximum atomic E-state index is 5.94. The first-order chi connectivity index (χ1) is 8.66. The predicted octanol–water partition coefficient (Wildman–Crippen LogP) is 4.61. The SMILES string of the molecule is CN(C)C(Cc1ccccc1)c1ccc(Cl)cc1.Cl. The van der Waals surface area contributed by atoms with Gasteiger partial charge >= 0.3 is 0 Å². The van der Waals surface area contributed by atoms with Gasteiger partial charge in [0.1, 0.15) is 0 Å². The van der Waals surface area contributed by atoms with Crippen LogP contribution in [0.25, 0.3) is 0 Å². The van der Waals surface area contributed by atoms with E-state index in [9.17, 15) is 0 Å². The van der Waals surface area contributed by atoms with Crippen LogP contribution in [0, 0.1) is 0 Å². The lowest BCUT2D eigenvalue weighted by molar-refractivity contribution is 0.297. The lowest BCUT2D eigenvalue weighted by Gasteiger charge is -2.25. The summed E-state index contributed by atoms with van der Waals surface area (Å²) in [6.07, 6.45) is 1.01. The molecular weight excluding hydrogens is 277 g/mol. The van der Waals surface area contributed by atoms with Crippen LogP contribution in [0.2, 0.25) is 5.02 Å². The van der Waals surface area contributed by atoms with Crippen LogP contribution in [0.4, 0.5) is 0 Å². The molecule has 0 aliphatic rings. The highest BCUT2D eigenvalue weighted by molar-refractivity contribution is 6.30. The van der Waals surface area contributed by atoms with Crippen LogP contribution < -0.4 is 0 Å². The van der Waals surface area contributed by atoms with E-state index >= 15 is 0 Å². The summed E-state index contributed by atoms with van der Waals surface area (Å²) in [5.74, 6) is 0. The number of hydrogen-bond acceptors (Lipinski definition) is 1. The molecule has 2 aromatic rings. The van der Waals surface area contributed by atoms with Crippen molar-refractivity contribution in [2.75, 3.05) is 14.1 Å². The Hall–Kier alpha value is -1.02. The molecule has 19 heavy (non-hydrogen) atoms. The molecule has 0 aromatic heterocycles. The molecule has 102 valence electrons. The van der Waals surface area contributed by atoms with E-state index in [2.05, 4.69) is 61.5 Å². The Kier molecular flexibility index (Phi) is 6.36. The Labute approximate surface area is 126 Å². The van der Waals surface area contributed by atoms with Crippen LogP contribution in [0.1, 0.15) is 17.2 Å². The van der Waals surface area contributed by atoms with E-state index in [0.29, 0.717) is 6.04 Å². The Morgan fingerprint density at radius 2 is 1.53 bits per heavy atom. The fourth-order valence-corrected chi connectivity index (χ4v) is 2.25. The van der Waals surface area contributed by atoms with Gasteiger partial charge in [0.05, 0.1) is 0 Å². The highest BCUT2D eigenvalue weighted by Crippen LogP contribution is 2.24. The minimum Gasteiger partial charge on any atom is -0.302 e. The first kappa shape index (κ1) is 16.0. The molecular formula is C16H19Cl2N. The highest BCUT2D eigenvalue weighted by atomic mass is 35.5. The van der Waals surface area contributed by atoms with Crippen LogP contribution in [0.5, 0.6) is 0 Å². The van der Waals surface area contributed by atoms with Crippen LogP contribution in [0.15, 0.2) is 54.6 Å². The summed E-state index contributed by atoms with van der Waals surface area (Å²) in [5, 5.41) is 0.788. The molecule has 0 spiro atoms. The third-order valence-electron chi connectivity index (χ3n) is 3.15. The lowest BCUT2D eigenvalue weighted by atomic mass is 9.98. The Balaban J connectivity index is 0.00000180. The number of halogens is 2. The molecule has 2 aromatic carbocycles. The van der Waals surface area contributed by atoms with Crippen LogP contribution in [-0.2, 0) is 6.42 Å². The molecule has 0 aliphatic carbocycles. The van der Waals surface area contributed by atoms with Gasteiger partial charge in [-0.05, 0) is 43.8 Å². The molecule has 0 N–H and O–H groups in total. The van der Waals surface area contributed by atoms with Gasteiger partial charge in [-0.2, -0.15) is 0 Å². The Bertz CT molecular complexity index is 480. The van der Waals surface area contributed by atoms with Crippen molar-refractivity contribution in [1.82, 2.24) is 4.90 Å². The number of hydrogen-bond donors (Lipinski definition) is 0. The van der Waals surface area contributed by atoms with Crippen LogP contribution in [-0.4, -0.2) is 19.0 Å². The van der Waals surface area contributed by atoms with Gasteiger partial charge in [0.25, 0.3) is 0 Å². The monoisotopic (exact) mass is 295 g/mol. The fourth-order valence-electron chi connectivity index (χ4n) is 2.12. The zero-order valence-corrected chi connectivity index (χ0v) is 12.8. The second-order valence-electron chi connectivity index (χ2n) is 4.72. The highest BCUT2D eigenvalue weighted by Gasteiger charge is 2.14. The van der Waals surface area contributed by atoms with Gasteiger partial charge < -0.3 is 4.90 Å². The smallest absolute Gasteiger partial charge is 0.0406 e. The van der Waals surface area contributed by atoms with Crippen molar-refractivity contribution in [3.63, 3.8) is 0 Å². The fraction of sp³-hybridized carbons (Fsp3) is 0.250. The lowest BCUT2D eigenvalue weighted by Crippen LogP contribution is -2.22. The molecule has 3 heteroatoms. The van der Waals surface area contributed by atoms with Crippen molar-refractivity contribution in [1.29, 1.82) is 0 Å². The first-order valence-electron chi connectivity index (χ1n) is 6.12. The number of likely N-dealkylation sites (N-methyl/N-ethyl adjacent to an activating group) is 1. The standard InChI is InChI=1S/C16H18ClN.ClH/c1-18(2)16(12-13-6-4-3-5-7-13)14-8-10-15(17)11-9-14;/h3-11,16H,12H2,1-2H3;1H. The summed E-state index contributed by atoms with van der Waals surface area (Å²) in [5.41, 5.74) is 2.65. The van der Waals surface area contributed by atoms with Gasteiger partial charge in [0.15, 0.2) is 0 Å². The number of rotatable bonds is 4. The maximum absolute atomic E-state index is 5.94. The van der Waals surface area contributed by atoms with Crippen molar-refractivity contribution in [2.24, 2.45) is 0 Å². The van der Waals surface area contributed by atoms with Gasteiger partial charge in [0, 0.05) is 11.1 Å². The average molecular weight is 296 g/mol. The number of nitrogens with zero attached hydrogens (tertiary/aromatic N) is 1. The van der Waals surface area contributed by atoms with Gasteiger partial charge in [-0.3, -0.25) is 0 Å². The zero-order chi connectivity index (χ0) is 13.0. The zero-order valence-electron chi connectivity index (χ0n) is 11.2. The molecule has 0 heterocycles. The molecule has 1 unspecified atom stereocenters. The predicted molar refractivity (Wildman–Crippen MR) is 85.3 cm³/mol. The molecule has 0 fully saturated rings. The quantitative estimate of drug-likeness (QED) is 0.796. The van der Waals surface area contributed by atoms with Crippen molar-refractivity contribution in [3.8, 4) is 0 Å². The van der Waals surface area contributed by atoms with E-state index in [4.69, 9.17) is 11.6 Å². The minimum absolute atomic E-state index is 0. The van der Waals surface area contributed by atoms with Gasteiger partial charge in [-0.25, -0.2) is 0 Å². The molecule has 0 amide bonds. The molecule has 1 atom stereocenters. The van der Waals surface area contributed by atoms with Gasteiger partial charge in [-0.15, -0.1) is 12.4 Å². The first-order valence-corrected chi connectivity index (χ1v) is 6.50. The Morgan fingerprint density at radius 1 is 0.947 bits per heavy atom. The molecule has 0 radical (unpaired) electrons. The summed E-state index contributed by atoms with van der Waals surface area (Å²) in [6, 6.07) is 19.1. The summed E-state index contributed by atoms with van der Waals surface area (Å²) < 4.78 is 0. The summed E-state index contributed by atoms with van der Waals surface area (Å²) in [4.78, 5) is 2.25. The summed E-state index contributed by atoms with van der Waals surface area (Å²) in [7, 11) is 4.23. The molecule has 1 nitrogen and oxygen atoms in total. The van der Waals surface area contributed by atoms with E-state index in [1.54, 1.807) is 0 Å². The summed E-state index contributed by atoms with van der Waals surface area (Å²) >= 11 is 5.94.